The maximum atomic E-state index is 12.5. The van der Waals surface area contributed by atoms with Crippen molar-refractivity contribution in [2.75, 3.05) is 18.4 Å². The van der Waals surface area contributed by atoms with Crippen molar-refractivity contribution in [2.45, 2.75) is 19.8 Å². The molecule has 0 atom stereocenters. The molecular weight excluding hydrogens is 426 g/mol. The number of halogens is 2. The van der Waals surface area contributed by atoms with Gasteiger partial charge >= 0.3 is 0 Å². The third-order valence-corrected chi connectivity index (χ3v) is 5.09. The summed E-state index contributed by atoms with van der Waals surface area (Å²) in [7, 11) is 0. The molecule has 9 heteroatoms. The number of fused-ring (bicyclic) bond motifs is 1. The van der Waals surface area contributed by atoms with Crippen LogP contribution in [0.15, 0.2) is 61.2 Å². The number of benzene rings is 1. The first kappa shape index (κ1) is 22.2. The molecule has 4 aromatic rings. The predicted octanol–water partition coefficient (Wildman–Crippen LogP) is 4.04. The molecule has 4 rings (SSSR count). The first-order valence-corrected chi connectivity index (χ1v) is 10.4. The molecule has 0 spiro atoms. The molecule has 0 saturated carbocycles. The second-order valence-corrected chi connectivity index (χ2v) is 7.43. The van der Waals surface area contributed by atoms with Crippen molar-refractivity contribution in [2.24, 2.45) is 0 Å². The highest BCUT2D eigenvalue weighted by Gasteiger charge is 2.14. The van der Waals surface area contributed by atoms with E-state index in [-0.39, 0.29) is 0 Å². The van der Waals surface area contributed by atoms with Crippen molar-refractivity contribution in [3.63, 3.8) is 0 Å². The highest BCUT2D eigenvalue weighted by molar-refractivity contribution is 6.06. The lowest BCUT2D eigenvalue weighted by molar-refractivity contribution is 0.0893. The molecule has 0 aliphatic rings. The zero-order valence-electron chi connectivity index (χ0n) is 17.9. The fourth-order valence-corrected chi connectivity index (χ4v) is 3.46. The van der Waals surface area contributed by atoms with E-state index in [2.05, 4.69) is 30.6 Å². The second kappa shape index (κ2) is 10.1. The van der Waals surface area contributed by atoms with Crippen LogP contribution in [0.1, 0.15) is 21.6 Å². The van der Waals surface area contributed by atoms with Gasteiger partial charge < -0.3 is 10.6 Å². The topological polar surface area (TPSA) is 92.7 Å². The number of rotatable bonds is 8. The Balaban J connectivity index is 1.47. The van der Waals surface area contributed by atoms with Crippen LogP contribution in [0.3, 0.4) is 0 Å². The van der Waals surface area contributed by atoms with Crippen LogP contribution in [0.2, 0.25) is 0 Å². The molecule has 0 bridgehead atoms. The molecule has 168 valence electrons. The largest absolute Gasteiger partial charge is 0.370 e. The number of carbonyl (C=O) groups excluding carboxylic acids is 1. The number of nitrogens with one attached hydrogen (secondary N) is 2. The Kier molecular flexibility index (Phi) is 6.77. The Morgan fingerprint density at radius 2 is 1.94 bits per heavy atom. The number of pyridine rings is 2. The number of carbonyl (C=O) groups is 1. The molecule has 3 heterocycles. The SMILES string of the molecule is Cc1ccc(-c2cc(NCCc3cccc4c(C(=O)NCC(F)F)ccnc34)ncn2)cn1. The van der Waals surface area contributed by atoms with Gasteiger partial charge in [-0.05, 0) is 37.1 Å². The van der Waals surface area contributed by atoms with E-state index in [9.17, 15) is 13.6 Å². The minimum atomic E-state index is -2.60. The molecular formula is C24H22F2N6O. The van der Waals surface area contributed by atoms with Crippen molar-refractivity contribution in [3.05, 3.63) is 78.0 Å². The highest BCUT2D eigenvalue weighted by atomic mass is 19.3. The lowest BCUT2D eigenvalue weighted by Crippen LogP contribution is -2.28. The van der Waals surface area contributed by atoms with E-state index in [1.165, 1.54) is 18.6 Å². The van der Waals surface area contributed by atoms with Crippen molar-refractivity contribution >= 4 is 22.6 Å². The summed E-state index contributed by atoms with van der Waals surface area (Å²) in [6.45, 7) is 1.81. The Bertz CT molecular complexity index is 1260. The fraction of sp³-hybridized carbons (Fsp3) is 0.208. The van der Waals surface area contributed by atoms with Gasteiger partial charge in [-0.15, -0.1) is 0 Å². The number of hydrogen-bond acceptors (Lipinski definition) is 6. The summed E-state index contributed by atoms with van der Waals surface area (Å²) >= 11 is 0. The van der Waals surface area contributed by atoms with Crippen LogP contribution in [-0.4, -0.2) is 45.4 Å². The van der Waals surface area contributed by atoms with Gasteiger partial charge in [-0.25, -0.2) is 18.7 Å². The third kappa shape index (κ3) is 5.43. The van der Waals surface area contributed by atoms with Crippen LogP contribution < -0.4 is 10.6 Å². The Labute approximate surface area is 189 Å². The first-order valence-electron chi connectivity index (χ1n) is 10.4. The average molecular weight is 448 g/mol. The van der Waals surface area contributed by atoms with E-state index in [0.29, 0.717) is 35.2 Å². The van der Waals surface area contributed by atoms with E-state index in [1.807, 2.05) is 37.3 Å². The number of anilines is 1. The van der Waals surface area contributed by atoms with Gasteiger partial charge in [0.05, 0.1) is 23.3 Å². The number of para-hydroxylation sites is 1. The summed E-state index contributed by atoms with van der Waals surface area (Å²) in [5, 5.41) is 6.16. The van der Waals surface area contributed by atoms with Crippen molar-refractivity contribution < 1.29 is 13.6 Å². The Morgan fingerprint density at radius 3 is 2.73 bits per heavy atom. The van der Waals surface area contributed by atoms with Crippen molar-refractivity contribution in [3.8, 4) is 11.3 Å². The summed E-state index contributed by atoms with van der Waals surface area (Å²) in [5.41, 5.74) is 4.53. The molecule has 1 amide bonds. The van der Waals surface area contributed by atoms with Crippen molar-refractivity contribution in [1.82, 2.24) is 25.3 Å². The standard InChI is InChI=1S/C24H22F2N6O/c1-15-5-6-17(12-29-15)20-11-22(32-14-31-20)27-9-7-16-3-2-4-18-19(8-10-28-23(16)18)24(33)30-13-21(25)26/h2-6,8,10-12,14,21H,7,9,13H2,1H3,(H,30,33)(H,27,31,32). The summed E-state index contributed by atoms with van der Waals surface area (Å²) < 4.78 is 24.9. The molecule has 1 aromatic carbocycles. The minimum Gasteiger partial charge on any atom is -0.370 e. The third-order valence-electron chi connectivity index (χ3n) is 5.09. The van der Waals surface area contributed by atoms with Crippen LogP contribution in [-0.2, 0) is 6.42 Å². The normalized spacial score (nSPS) is 11.0. The van der Waals surface area contributed by atoms with E-state index < -0.39 is 18.9 Å². The molecule has 2 N–H and O–H groups in total. The number of alkyl halides is 2. The molecule has 0 fully saturated rings. The van der Waals surface area contributed by atoms with E-state index in [0.717, 1.165) is 22.5 Å². The average Bonchev–Trinajstić information content (AvgIpc) is 2.83. The van der Waals surface area contributed by atoms with E-state index >= 15 is 0 Å². The molecule has 0 aliphatic carbocycles. The van der Waals surface area contributed by atoms with E-state index in [4.69, 9.17) is 0 Å². The molecule has 7 nitrogen and oxygen atoms in total. The van der Waals surface area contributed by atoms with Gasteiger partial charge in [0.15, 0.2) is 0 Å². The Hall–Kier alpha value is -4.01. The smallest absolute Gasteiger partial charge is 0.255 e. The number of amides is 1. The summed E-state index contributed by atoms with van der Waals surface area (Å²) in [6, 6.07) is 12.8. The second-order valence-electron chi connectivity index (χ2n) is 7.43. The highest BCUT2D eigenvalue weighted by Crippen LogP contribution is 2.22. The van der Waals surface area contributed by atoms with Crippen LogP contribution in [0.4, 0.5) is 14.6 Å². The quantitative estimate of drug-likeness (QED) is 0.423. The van der Waals surface area contributed by atoms with Crippen LogP contribution in [0, 0.1) is 6.92 Å². The van der Waals surface area contributed by atoms with Gasteiger partial charge in [0.25, 0.3) is 12.3 Å². The molecule has 0 aliphatic heterocycles. The summed E-state index contributed by atoms with van der Waals surface area (Å²) in [5.74, 6) is 0.137. The van der Waals surface area contributed by atoms with Gasteiger partial charge in [-0.3, -0.25) is 14.8 Å². The number of hydrogen-bond donors (Lipinski definition) is 2. The molecule has 0 radical (unpaired) electrons. The fourth-order valence-electron chi connectivity index (χ4n) is 3.46. The number of aryl methyl sites for hydroxylation is 1. The first-order chi connectivity index (χ1) is 16.0. The number of aromatic nitrogens is 4. The van der Waals surface area contributed by atoms with Crippen LogP contribution in [0.25, 0.3) is 22.2 Å². The minimum absolute atomic E-state index is 0.322. The summed E-state index contributed by atoms with van der Waals surface area (Å²) in [6.07, 6.45) is 2.81. The molecule has 33 heavy (non-hydrogen) atoms. The van der Waals surface area contributed by atoms with Gasteiger partial charge in [0, 0.05) is 41.6 Å². The maximum Gasteiger partial charge on any atom is 0.255 e. The van der Waals surface area contributed by atoms with Crippen LogP contribution >= 0.6 is 0 Å². The van der Waals surface area contributed by atoms with Gasteiger partial charge in [0.2, 0.25) is 0 Å². The lowest BCUT2D eigenvalue weighted by Gasteiger charge is -2.11. The molecule has 0 unspecified atom stereocenters. The lowest BCUT2D eigenvalue weighted by atomic mass is 10.0. The van der Waals surface area contributed by atoms with Crippen molar-refractivity contribution in [1.29, 1.82) is 0 Å². The predicted molar refractivity (Wildman–Crippen MR) is 122 cm³/mol. The molecule has 0 saturated heterocycles. The monoisotopic (exact) mass is 448 g/mol. The van der Waals surface area contributed by atoms with Gasteiger partial charge in [-0.1, -0.05) is 18.2 Å². The zero-order valence-corrected chi connectivity index (χ0v) is 17.9. The maximum absolute atomic E-state index is 12.5. The van der Waals surface area contributed by atoms with Gasteiger partial charge in [0.1, 0.15) is 12.1 Å². The van der Waals surface area contributed by atoms with Gasteiger partial charge in [-0.2, -0.15) is 0 Å². The Morgan fingerprint density at radius 1 is 1.06 bits per heavy atom. The summed E-state index contributed by atoms with van der Waals surface area (Å²) in [4.78, 5) is 29.6. The van der Waals surface area contributed by atoms with E-state index in [1.54, 1.807) is 12.3 Å². The number of nitrogens with zero attached hydrogens (tertiary/aromatic N) is 4. The molecule has 3 aromatic heterocycles. The zero-order chi connectivity index (χ0) is 23.2. The van der Waals surface area contributed by atoms with Crippen LogP contribution in [0.5, 0.6) is 0 Å².